The summed E-state index contributed by atoms with van der Waals surface area (Å²) in [5.41, 5.74) is 1.54. The number of hydrogen-bond donors (Lipinski definition) is 2. The summed E-state index contributed by atoms with van der Waals surface area (Å²) in [5.74, 6) is -0.112. The minimum atomic E-state index is -0.160. The highest BCUT2D eigenvalue weighted by atomic mass is 16.2. The first kappa shape index (κ1) is 17.7. The molecule has 5 nitrogen and oxygen atoms in total. The van der Waals surface area contributed by atoms with Crippen LogP contribution in [0.5, 0.6) is 0 Å². The highest BCUT2D eigenvalue weighted by Gasteiger charge is 2.29. The lowest BCUT2D eigenvalue weighted by molar-refractivity contribution is 0.0917. The van der Waals surface area contributed by atoms with Crippen LogP contribution < -0.4 is 10.6 Å². The van der Waals surface area contributed by atoms with E-state index in [0.717, 1.165) is 25.9 Å². The summed E-state index contributed by atoms with van der Waals surface area (Å²) in [6, 6.07) is 12.4. The number of nitrogens with one attached hydrogen (secondary N) is 2. The second kappa shape index (κ2) is 7.40. The molecule has 2 unspecified atom stereocenters. The lowest BCUT2D eigenvalue weighted by Gasteiger charge is -2.32. The number of piperidine rings is 1. The van der Waals surface area contributed by atoms with Gasteiger partial charge < -0.3 is 10.6 Å². The summed E-state index contributed by atoms with van der Waals surface area (Å²) in [6.45, 7) is 8.34. The molecule has 0 saturated carbocycles. The van der Waals surface area contributed by atoms with E-state index < -0.39 is 0 Å². The van der Waals surface area contributed by atoms with Gasteiger partial charge in [-0.05, 0) is 37.9 Å². The zero-order valence-corrected chi connectivity index (χ0v) is 15.3. The minimum Gasteiger partial charge on any atom is -0.347 e. The second-order valence-electron chi connectivity index (χ2n) is 7.46. The molecule has 25 heavy (non-hydrogen) atoms. The minimum absolute atomic E-state index is 0.0103. The molecule has 2 N–H and O–H groups in total. The number of aromatic nitrogens is 2. The van der Waals surface area contributed by atoms with Crippen molar-refractivity contribution in [3.63, 3.8) is 0 Å². The molecule has 5 heteroatoms. The van der Waals surface area contributed by atoms with Gasteiger partial charge in [0.1, 0.15) is 5.69 Å². The van der Waals surface area contributed by atoms with Crippen molar-refractivity contribution in [1.82, 2.24) is 20.4 Å². The summed E-state index contributed by atoms with van der Waals surface area (Å²) in [7, 11) is 0. The molecule has 1 saturated heterocycles. The molecule has 1 aromatic carbocycles. The molecule has 2 heterocycles. The molecule has 1 aliphatic heterocycles. The van der Waals surface area contributed by atoms with E-state index in [1.165, 1.54) is 5.56 Å². The van der Waals surface area contributed by atoms with E-state index >= 15 is 0 Å². The number of amides is 1. The standard InChI is InChI=1S/C20H28N4O/c1-15(20(2,3)16-8-5-4-6-9-16)22-19(25)18-11-13-24(23-18)17-10-7-12-21-14-17/h4-6,8-9,11,13,15,17,21H,7,10,12,14H2,1-3H3,(H,22,25). The third kappa shape index (κ3) is 3.93. The molecule has 0 spiro atoms. The monoisotopic (exact) mass is 340 g/mol. The Morgan fingerprint density at radius 2 is 2.08 bits per heavy atom. The molecule has 134 valence electrons. The van der Waals surface area contributed by atoms with E-state index in [2.05, 4.69) is 41.7 Å². The quantitative estimate of drug-likeness (QED) is 0.880. The van der Waals surface area contributed by atoms with E-state index in [0.29, 0.717) is 11.7 Å². The normalized spacial score (nSPS) is 19.4. The highest BCUT2D eigenvalue weighted by molar-refractivity contribution is 5.92. The van der Waals surface area contributed by atoms with Crippen LogP contribution in [0.3, 0.4) is 0 Å². The number of rotatable bonds is 5. The average Bonchev–Trinajstić information content (AvgIpc) is 3.13. The first-order valence-electron chi connectivity index (χ1n) is 9.11. The number of carbonyl (C=O) groups excluding carboxylic acids is 1. The van der Waals surface area contributed by atoms with E-state index in [4.69, 9.17) is 0 Å². The number of nitrogens with zero attached hydrogens (tertiary/aromatic N) is 2. The molecule has 0 radical (unpaired) electrons. The summed E-state index contributed by atoms with van der Waals surface area (Å²) in [4.78, 5) is 12.6. The van der Waals surface area contributed by atoms with Crippen LogP contribution in [0.15, 0.2) is 42.6 Å². The van der Waals surface area contributed by atoms with Crippen molar-refractivity contribution in [1.29, 1.82) is 0 Å². The fourth-order valence-corrected chi connectivity index (χ4v) is 3.29. The fourth-order valence-electron chi connectivity index (χ4n) is 3.29. The maximum absolute atomic E-state index is 12.6. The molecular weight excluding hydrogens is 312 g/mol. The number of carbonyl (C=O) groups is 1. The summed E-state index contributed by atoms with van der Waals surface area (Å²) in [5, 5.41) is 11.0. The molecule has 0 aliphatic carbocycles. The SMILES string of the molecule is CC(NC(=O)c1ccn(C2CCCNC2)n1)C(C)(C)c1ccccc1. The summed E-state index contributed by atoms with van der Waals surface area (Å²) in [6.07, 6.45) is 4.17. The fraction of sp³-hybridized carbons (Fsp3) is 0.500. The third-order valence-electron chi connectivity index (χ3n) is 5.43. The molecule has 1 aliphatic rings. The average molecular weight is 340 g/mol. The van der Waals surface area contributed by atoms with Crippen molar-refractivity contribution < 1.29 is 4.79 Å². The van der Waals surface area contributed by atoms with Gasteiger partial charge in [-0.3, -0.25) is 9.48 Å². The van der Waals surface area contributed by atoms with Crippen molar-refractivity contribution in [3.05, 3.63) is 53.9 Å². The van der Waals surface area contributed by atoms with Gasteiger partial charge in [0, 0.05) is 24.2 Å². The van der Waals surface area contributed by atoms with Crippen LogP contribution in [0.1, 0.15) is 55.7 Å². The molecule has 2 aromatic rings. The van der Waals surface area contributed by atoms with Crippen LogP contribution >= 0.6 is 0 Å². The summed E-state index contributed by atoms with van der Waals surface area (Å²) < 4.78 is 1.92. The zero-order chi connectivity index (χ0) is 17.9. The first-order chi connectivity index (χ1) is 12.0. The molecule has 2 atom stereocenters. The molecule has 1 fully saturated rings. The molecule has 1 aromatic heterocycles. The Labute approximate surface area is 149 Å². The Morgan fingerprint density at radius 3 is 2.76 bits per heavy atom. The van der Waals surface area contributed by atoms with Crippen LogP contribution in [-0.2, 0) is 5.41 Å². The van der Waals surface area contributed by atoms with E-state index in [-0.39, 0.29) is 17.4 Å². The largest absolute Gasteiger partial charge is 0.347 e. The van der Waals surface area contributed by atoms with Gasteiger partial charge in [-0.25, -0.2) is 0 Å². The van der Waals surface area contributed by atoms with Crippen LogP contribution in [0.4, 0.5) is 0 Å². The Kier molecular flexibility index (Phi) is 5.23. The lowest BCUT2D eigenvalue weighted by atomic mass is 9.78. The van der Waals surface area contributed by atoms with Gasteiger partial charge in [-0.2, -0.15) is 5.10 Å². The van der Waals surface area contributed by atoms with E-state index in [9.17, 15) is 4.79 Å². The molecule has 0 bridgehead atoms. The maximum atomic E-state index is 12.6. The van der Waals surface area contributed by atoms with Crippen molar-refractivity contribution in [2.24, 2.45) is 0 Å². The second-order valence-corrected chi connectivity index (χ2v) is 7.46. The Bertz CT molecular complexity index is 701. The maximum Gasteiger partial charge on any atom is 0.272 e. The van der Waals surface area contributed by atoms with Gasteiger partial charge in [0.05, 0.1) is 6.04 Å². The van der Waals surface area contributed by atoms with Gasteiger partial charge in [0.15, 0.2) is 0 Å². The zero-order valence-electron chi connectivity index (χ0n) is 15.3. The van der Waals surface area contributed by atoms with Crippen molar-refractivity contribution in [2.45, 2.75) is 51.1 Å². The lowest BCUT2D eigenvalue weighted by Crippen LogP contribution is -2.45. The number of benzene rings is 1. The van der Waals surface area contributed by atoms with E-state index in [1.54, 1.807) is 0 Å². The number of hydrogen-bond acceptors (Lipinski definition) is 3. The van der Waals surface area contributed by atoms with Gasteiger partial charge in [-0.1, -0.05) is 44.2 Å². The van der Waals surface area contributed by atoms with E-state index in [1.807, 2.05) is 42.1 Å². The predicted octanol–water partition coefficient (Wildman–Crippen LogP) is 2.90. The predicted molar refractivity (Wildman–Crippen MR) is 99.8 cm³/mol. The van der Waals surface area contributed by atoms with Crippen LogP contribution in [0, 0.1) is 0 Å². The topological polar surface area (TPSA) is 59.0 Å². The van der Waals surface area contributed by atoms with Crippen LogP contribution in [-0.4, -0.2) is 34.8 Å². The van der Waals surface area contributed by atoms with Crippen molar-refractivity contribution in [3.8, 4) is 0 Å². The van der Waals surface area contributed by atoms with Gasteiger partial charge in [-0.15, -0.1) is 0 Å². The first-order valence-corrected chi connectivity index (χ1v) is 9.11. The molecule has 3 rings (SSSR count). The Morgan fingerprint density at radius 1 is 1.32 bits per heavy atom. The van der Waals surface area contributed by atoms with Crippen LogP contribution in [0.25, 0.3) is 0 Å². The Balaban J connectivity index is 1.66. The molecular formula is C20H28N4O. The third-order valence-corrected chi connectivity index (χ3v) is 5.43. The van der Waals surface area contributed by atoms with Crippen molar-refractivity contribution >= 4 is 5.91 Å². The Hall–Kier alpha value is -2.14. The van der Waals surface area contributed by atoms with Gasteiger partial charge in [0.2, 0.25) is 0 Å². The molecule has 1 amide bonds. The smallest absolute Gasteiger partial charge is 0.272 e. The summed E-state index contributed by atoms with van der Waals surface area (Å²) >= 11 is 0. The van der Waals surface area contributed by atoms with Gasteiger partial charge in [0.25, 0.3) is 5.91 Å². The van der Waals surface area contributed by atoms with Gasteiger partial charge >= 0.3 is 0 Å². The van der Waals surface area contributed by atoms with Crippen molar-refractivity contribution in [2.75, 3.05) is 13.1 Å². The highest BCUT2D eigenvalue weighted by Crippen LogP contribution is 2.27. The van der Waals surface area contributed by atoms with Crippen LogP contribution in [0.2, 0.25) is 0 Å².